The quantitative estimate of drug-likeness (QED) is 0.698. The minimum absolute atomic E-state index is 0.169. The highest BCUT2D eigenvalue weighted by Crippen LogP contribution is 2.20. The molecule has 0 saturated carbocycles. The monoisotopic (exact) mass is 207 g/mol. The molecule has 2 heteroatoms. The van der Waals surface area contributed by atoms with Crippen LogP contribution in [0.3, 0.4) is 0 Å². The highest BCUT2D eigenvalue weighted by Gasteiger charge is 2.09. The van der Waals surface area contributed by atoms with Crippen molar-refractivity contribution in [3.05, 3.63) is 35.9 Å². The number of hydrogen-bond acceptors (Lipinski definition) is 2. The molecule has 0 fully saturated rings. The molecule has 1 unspecified atom stereocenters. The van der Waals surface area contributed by atoms with Gasteiger partial charge in [0, 0.05) is 6.61 Å². The maximum Gasteiger partial charge on any atom is 0.0836 e. The lowest BCUT2D eigenvalue weighted by Crippen LogP contribution is -2.11. The Bertz CT molecular complexity index is 248. The minimum atomic E-state index is 0.169. The molecule has 0 aliphatic carbocycles. The highest BCUT2D eigenvalue weighted by atomic mass is 16.5. The molecule has 1 aromatic carbocycles. The van der Waals surface area contributed by atoms with Gasteiger partial charge in [0.05, 0.1) is 6.10 Å². The molecule has 0 saturated heterocycles. The van der Waals surface area contributed by atoms with Crippen LogP contribution in [0, 0.1) is 0 Å². The van der Waals surface area contributed by atoms with Crippen LogP contribution in [0.1, 0.15) is 37.9 Å². The molecule has 1 rings (SSSR count). The van der Waals surface area contributed by atoms with Gasteiger partial charge >= 0.3 is 0 Å². The van der Waals surface area contributed by atoms with Gasteiger partial charge in [0.25, 0.3) is 0 Å². The second kappa shape index (κ2) is 7.43. The minimum Gasteiger partial charge on any atom is -0.373 e. The average molecular weight is 207 g/mol. The Morgan fingerprint density at radius 2 is 2.00 bits per heavy atom. The number of rotatable bonds is 7. The second-order valence-corrected chi connectivity index (χ2v) is 3.70. The van der Waals surface area contributed by atoms with Gasteiger partial charge in [-0.15, -0.1) is 0 Å². The largest absolute Gasteiger partial charge is 0.373 e. The molecule has 2 nitrogen and oxygen atoms in total. The SMILES string of the molecule is CCCCOC(CCN)c1ccccc1. The predicted molar refractivity (Wildman–Crippen MR) is 63.7 cm³/mol. The van der Waals surface area contributed by atoms with E-state index < -0.39 is 0 Å². The molecule has 0 spiro atoms. The van der Waals surface area contributed by atoms with Crippen LogP contribution in [-0.4, -0.2) is 13.2 Å². The van der Waals surface area contributed by atoms with Crippen molar-refractivity contribution in [2.75, 3.05) is 13.2 Å². The summed E-state index contributed by atoms with van der Waals surface area (Å²) in [7, 11) is 0. The van der Waals surface area contributed by atoms with Gasteiger partial charge in [0.15, 0.2) is 0 Å². The summed E-state index contributed by atoms with van der Waals surface area (Å²) in [5.41, 5.74) is 6.83. The van der Waals surface area contributed by atoms with Crippen molar-refractivity contribution in [1.82, 2.24) is 0 Å². The van der Waals surface area contributed by atoms with Crippen LogP contribution < -0.4 is 5.73 Å². The molecule has 84 valence electrons. The van der Waals surface area contributed by atoms with Crippen molar-refractivity contribution < 1.29 is 4.74 Å². The summed E-state index contributed by atoms with van der Waals surface area (Å²) in [6.07, 6.45) is 3.36. The Hall–Kier alpha value is -0.860. The van der Waals surface area contributed by atoms with Gasteiger partial charge in [0.1, 0.15) is 0 Å². The summed E-state index contributed by atoms with van der Waals surface area (Å²) >= 11 is 0. The van der Waals surface area contributed by atoms with Gasteiger partial charge in [-0.05, 0) is 24.9 Å². The molecule has 0 aromatic heterocycles. The van der Waals surface area contributed by atoms with E-state index in [1.807, 2.05) is 18.2 Å². The lowest BCUT2D eigenvalue weighted by molar-refractivity contribution is 0.0464. The first-order chi connectivity index (χ1) is 7.38. The van der Waals surface area contributed by atoms with E-state index in [-0.39, 0.29) is 6.10 Å². The van der Waals surface area contributed by atoms with Crippen molar-refractivity contribution in [1.29, 1.82) is 0 Å². The van der Waals surface area contributed by atoms with E-state index in [2.05, 4.69) is 19.1 Å². The molecule has 2 N–H and O–H groups in total. The summed E-state index contributed by atoms with van der Waals surface area (Å²) in [6.45, 7) is 3.67. The number of nitrogens with two attached hydrogens (primary N) is 1. The van der Waals surface area contributed by atoms with Gasteiger partial charge in [-0.25, -0.2) is 0 Å². The fourth-order valence-corrected chi connectivity index (χ4v) is 1.54. The molecule has 1 atom stereocenters. The molecule has 0 amide bonds. The van der Waals surface area contributed by atoms with E-state index >= 15 is 0 Å². The summed E-state index contributed by atoms with van der Waals surface area (Å²) in [6, 6.07) is 10.3. The van der Waals surface area contributed by atoms with Crippen LogP contribution in [0.4, 0.5) is 0 Å². The second-order valence-electron chi connectivity index (χ2n) is 3.70. The summed E-state index contributed by atoms with van der Waals surface area (Å²) in [4.78, 5) is 0. The summed E-state index contributed by atoms with van der Waals surface area (Å²) in [5, 5.41) is 0. The van der Waals surface area contributed by atoms with Gasteiger partial charge in [-0.2, -0.15) is 0 Å². The third-order valence-corrected chi connectivity index (χ3v) is 2.42. The molecule has 0 radical (unpaired) electrons. The van der Waals surface area contributed by atoms with E-state index in [1.54, 1.807) is 0 Å². The van der Waals surface area contributed by atoms with Gasteiger partial charge in [-0.1, -0.05) is 43.7 Å². The number of benzene rings is 1. The standard InChI is InChI=1S/C13H21NO/c1-2-3-11-15-13(9-10-14)12-7-5-4-6-8-12/h4-8,13H,2-3,9-11,14H2,1H3. The lowest BCUT2D eigenvalue weighted by atomic mass is 10.1. The zero-order valence-electron chi connectivity index (χ0n) is 9.49. The average Bonchev–Trinajstić information content (AvgIpc) is 2.29. The van der Waals surface area contributed by atoms with Crippen molar-refractivity contribution in [3.63, 3.8) is 0 Å². The Balaban J connectivity index is 2.50. The Morgan fingerprint density at radius 3 is 2.60 bits per heavy atom. The molecule has 0 bridgehead atoms. The Morgan fingerprint density at radius 1 is 1.27 bits per heavy atom. The lowest BCUT2D eigenvalue weighted by Gasteiger charge is -2.17. The van der Waals surface area contributed by atoms with Crippen molar-refractivity contribution in [2.45, 2.75) is 32.3 Å². The molecule has 1 aromatic rings. The predicted octanol–water partition coefficient (Wildman–Crippen LogP) is 2.89. The van der Waals surface area contributed by atoms with Crippen LogP contribution in [0.5, 0.6) is 0 Å². The fourth-order valence-electron chi connectivity index (χ4n) is 1.54. The summed E-state index contributed by atoms with van der Waals surface area (Å²) in [5.74, 6) is 0. The summed E-state index contributed by atoms with van der Waals surface area (Å²) < 4.78 is 5.83. The third kappa shape index (κ3) is 4.45. The molecule has 0 aliphatic rings. The molecular formula is C13H21NO. The molecule has 15 heavy (non-hydrogen) atoms. The van der Waals surface area contributed by atoms with E-state index in [1.165, 1.54) is 12.0 Å². The van der Waals surface area contributed by atoms with Crippen LogP contribution in [0.2, 0.25) is 0 Å². The molecule has 0 aliphatic heterocycles. The zero-order chi connectivity index (χ0) is 10.9. The fraction of sp³-hybridized carbons (Fsp3) is 0.538. The van der Waals surface area contributed by atoms with Crippen molar-refractivity contribution in [2.24, 2.45) is 5.73 Å². The van der Waals surface area contributed by atoms with E-state index in [9.17, 15) is 0 Å². The maximum atomic E-state index is 5.83. The number of ether oxygens (including phenoxy) is 1. The number of unbranched alkanes of at least 4 members (excludes halogenated alkanes) is 1. The van der Waals surface area contributed by atoms with Crippen molar-refractivity contribution >= 4 is 0 Å². The first kappa shape index (κ1) is 12.2. The van der Waals surface area contributed by atoms with Crippen LogP contribution >= 0.6 is 0 Å². The number of hydrogen-bond donors (Lipinski definition) is 1. The molecular weight excluding hydrogens is 186 g/mol. The van der Waals surface area contributed by atoms with Crippen molar-refractivity contribution in [3.8, 4) is 0 Å². The van der Waals surface area contributed by atoms with E-state index in [0.29, 0.717) is 6.54 Å². The first-order valence-corrected chi connectivity index (χ1v) is 5.75. The Kier molecular flexibility index (Phi) is 6.05. The van der Waals surface area contributed by atoms with Crippen LogP contribution in [-0.2, 0) is 4.74 Å². The van der Waals surface area contributed by atoms with Crippen LogP contribution in [0.25, 0.3) is 0 Å². The van der Waals surface area contributed by atoms with E-state index in [0.717, 1.165) is 19.4 Å². The first-order valence-electron chi connectivity index (χ1n) is 5.75. The Labute approximate surface area is 92.4 Å². The topological polar surface area (TPSA) is 35.2 Å². The van der Waals surface area contributed by atoms with Gasteiger partial charge in [-0.3, -0.25) is 0 Å². The van der Waals surface area contributed by atoms with Crippen LogP contribution in [0.15, 0.2) is 30.3 Å². The zero-order valence-corrected chi connectivity index (χ0v) is 9.49. The maximum absolute atomic E-state index is 5.83. The van der Waals surface area contributed by atoms with Gasteiger partial charge < -0.3 is 10.5 Å². The normalized spacial score (nSPS) is 12.7. The van der Waals surface area contributed by atoms with E-state index in [4.69, 9.17) is 10.5 Å². The highest BCUT2D eigenvalue weighted by molar-refractivity contribution is 5.17. The molecule has 0 heterocycles. The smallest absolute Gasteiger partial charge is 0.0836 e. The third-order valence-electron chi connectivity index (χ3n) is 2.42. The van der Waals surface area contributed by atoms with Gasteiger partial charge in [0.2, 0.25) is 0 Å².